The Morgan fingerprint density at radius 3 is 2.50 bits per heavy atom. The third-order valence-corrected chi connectivity index (χ3v) is 3.57. The molecular weight excluding hydrogens is 222 g/mol. The van der Waals surface area contributed by atoms with Crippen LogP contribution in [0.3, 0.4) is 0 Å². The largest absolute Gasteiger partial charge is 0.312 e. The summed E-state index contributed by atoms with van der Waals surface area (Å²) in [5.74, 6) is 1.06. The molecule has 0 spiro atoms. The summed E-state index contributed by atoms with van der Waals surface area (Å²) in [5, 5.41) is 0. The summed E-state index contributed by atoms with van der Waals surface area (Å²) in [6.45, 7) is 4.85. The fraction of sp³-hybridized carbons (Fsp3) is 0.462. The highest BCUT2D eigenvalue weighted by Gasteiger charge is 2.31. The molecule has 0 N–H and O–H groups in total. The summed E-state index contributed by atoms with van der Waals surface area (Å²) in [7, 11) is 0. The average molecular weight is 238 g/mol. The lowest BCUT2D eigenvalue weighted by Gasteiger charge is -2.21. The molecule has 0 aliphatic carbocycles. The van der Waals surface area contributed by atoms with Crippen LogP contribution in [0.4, 0.5) is 5.69 Å². The number of aryl methyl sites for hydroxylation is 2. The van der Waals surface area contributed by atoms with Gasteiger partial charge < -0.3 is 4.90 Å². The Balaban J connectivity index is 2.35. The summed E-state index contributed by atoms with van der Waals surface area (Å²) in [6, 6.07) is 6.11. The predicted octanol–water partition coefficient (Wildman–Crippen LogP) is 2.90. The van der Waals surface area contributed by atoms with E-state index in [2.05, 4.69) is 0 Å². The van der Waals surface area contributed by atoms with Gasteiger partial charge in [-0.25, -0.2) is 0 Å². The number of carbonyl (C=O) groups is 1. The summed E-state index contributed by atoms with van der Waals surface area (Å²) in [5.41, 5.74) is 3.38. The second-order valence-corrected chi connectivity index (χ2v) is 4.78. The van der Waals surface area contributed by atoms with Crippen molar-refractivity contribution in [1.29, 1.82) is 0 Å². The van der Waals surface area contributed by atoms with Crippen molar-refractivity contribution in [2.45, 2.75) is 20.3 Å². The van der Waals surface area contributed by atoms with E-state index in [4.69, 9.17) is 11.6 Å². The number of hydrogen-bond donors (Lipinski definition) is 0. The van der Waals surface area contributed by atoms with E-state index in [1.54, 1.807) is 0 Å². The fourth-order valence-corrected chi connectivity index (χ4v) is 2.54. The Labute approximate surface area is 101 Å². The maximum absolute atomic E-state index is 11.9. The Morgan fingerprint density at radius 1 is 1.38 bits per heavy atom. The Morgan fingerprint density at radius 2 is 2.00 bits per heavy atom. The number of para-hydroxylation sites is 1. The van der Waals surface area contributed by atoms with Gasteiger partial charge >= 0.3 is 0 Å². The van der Waals surface area contributed by atoms with Crippen molar-refractivity contribution in [3.05, 3.63) is 29.3 Å². The zero-order valence-corrected chi connectivity index (χ0v) is 10.4. The smallest absolute Gasteiger partial charge is 0.227 e. The van der Waals surface area contributed by atoms with E-state index >= 15 is 0 Å². The van der Waals surface area contributed by atoms with Gasteiger partial charge in [0.25, 0.3) is 0 Å². The first-order chi connectivity index (χ1) is 7.63. The summed E-state index contributed by atoms with van der Waals surface area (Å²) < 4.78 is 0. The van der Waals surface area contributed by atoms with Crippen molar-refractivity contribution in [3.63, 3.8) is 0 Å². The molecule has 1 atom stereocenters. The molecule has 2 rings (SSSR count). The molecule has 1 fully saturated rings. The van der Waals surface area contributed by atoms with Gasteiger partial charge in [-0.2, -0.15) is 0 Å². The van der Waals surface area contributed by atoms with E-state index in [0.29, 0.717) is 18.2 Å². The quantitative estimate of drug-likeness (QED) is 0.725. The molecule has 86 valence electrons. The van der Waals surface area contributed by atoms with Gasteiger partial charge in [0.1, 0.15) is 0 Å². The van der Waals surface area contributed by atoms with E-state index in [0.717, 1.165) is 23.4 Å². The van der Waals surface area contributed by atoms with E-state index in [-0.39, 0.29) is 5.91 Å². The number of halogens is 1. The monoisotopic (exact) mass is 237 g/mol. The van der Waals surface area contributed by atoms with Crippen LogP contribution < -0.4 is 4.90 Å². The van der Waals surface area contributed by atoms with Crippen LogP contribution in [0.1, 0.15) is 17.5 Å². The second-order valence-electron chi connectivity index (χ2n) is 4.47. The first-order valence-corrected chi connectivity index (χ1v) is 6.09. The van der Waals surface area contributed by atoms with Crippen LogP contribution in [0.2, 0.25) is 0 Å². The van der Waals surface area contributed by atoms with Crippen molar-refractivity contribution in [3.8, 4) is 0 Å². The van der Waals surface area contributed by atoms with Gasteiger partial charge in [0.15, 0.2) is 0 Å². The standard InChI is InChI=1S/C13H16ClNO/c1-9-4-3-5-10(2)13(9)15-8-11(7-14)6-12(15)16/h3-5,11H,6-8H2,1-2H3. The van der Waals surface area contributed by atoms with Gasteiger partial charge in [-0.1, -0.05) is 18.2 Å². The molecular formula is C13H16ClNO. The molecule has 0 saturated carbocycles. The highest BCUT2D eigenvalue weighted by Crippen LogP contribution is 2.30. The zero-order chi connectivity index (χ0) is 11.7. The van der Waals surface area contributed by atoms with E-state index in [1.807, 2.05) is 36.9 Å². The molecule has 1 heterocycles. The van der Waals surface area contributed by atoms with Crippen molar-refractivity contribution in [2.75, 3.05) is 17.3 Å². The lowest BCUT2D eigenvalue weighted by atomic mass is 10.1. The predicted molar refractivity (Wildman–Crippen MR) is 67.1 cm³/mol. The molecule has 2 nitrogen and oxygen atoms in total. The van der Waals surface area contributed by atoms with Crippen molar-refractivity contribution in [1.82, 2.24) is 0 Å². The summed E-state index contributed by atoms with van der Waals surface area (Å²) in [6.07, 6.45) is 0.581. The van der Waals surface area contributed by atoms with Crippen LogP contribution in [-0.2, 0) is 4.79 Å². The van der Waals surface area contributed by atoms with Crippen molar-refractivity contribution in [2.24, 2.45) is 5.92 Å². The van der Waals surface area contributed by atoms with Crippen molar-refractivity contribution < 1.29 is 4.79 Å². The number of alkyl halides is 1. The van der Waals surface area contributed by atoms with Gasteiger partial charge in [0.05, 0.1) is 0 Å². The minimum atomic E-state index is 0.197. The zero-order valence-electron chi connectivity index (χ0n) is 9.66. The van der Waals surface area contributed by atoms with Crippen LogP contribution in [0.5, 0.6) is 0 Å². The van der Waals surface area contributed by atoms with Gasteiger partial charge in [-0.15, -0.1) is 11.6 Å². The highest BCUT2D eigenvalue weighted by molar-refractivity contribution is 6.18. The van der Waals surface area contributed by atoms with E-state index in [9.17, 15) is 4.79 Å². The molecule has 3 heteroatoms. The molecule has 1 aromatic carbocycles. The molecule has 0 radical (unpaired) electrons. The van der Waals surface area contributed by atoms with Gasteiger partial charge in [-0.05, 0) is 30.9 Å². The van der Waals surface area contributed by atoms with Crippen LogP contribution in [0, 0.1) is 19.8 Å². The third-order valence-electron chi connectivity index (χ3n) is 3.13. The average Bonchev–Trinajstić information content (AvgIpc) is 2.60. The molecule has 1 saturated heterocycles. The topological polar surface area (TPSA) is 20.3 Å². The van der Waals surface area contributed by atoms with E-state index in [1.165, 1.54) is 0 Å². The van der Waals surface area contributed by atoms with Crippen LogP contribution in [-0.4, -0.2) is 18.3 Å². The number of hydrogen-bond acceptors (Lipinski definition) is 1. The molecule has 0 aromatic heterocycles. The maximum Gasteiger partial charge on any atom is 0.227 e. The first kappa shape index (κ1) is 11.5. The second kappa shape index (κ2) is 4.46. The molecule has 1 aliphatic rings. The molecule has 0 bridgehead atoms. The number of nitrogens with zero attached hydrogens (tertiary/aromatic N) is 1. The maximum atomic E-state index is 11.9. The SMILES string of the molecule is Cc1cccc(C)c1N1CC(CCl)CC1=O. The Bertz CT molecular complexity index is 396. The molecule has 1 aliphatic heterocycles. The first-order valence-electron chi connectivity index (χ1n) is 5.56. The third kappa shape index (κ3) is 1.94. The highest BCUT2D eigenvalue weighted by atomic mass is 35.5. The number of rotatable bonds is 2. The van der Waals surface area contributed by atoms with Crippen LogP contribution in [0.25, 0.3) is 0 Å². The lowest BCUT2D eigenvalue weighted by molar-refractivity contribution is -0.117. The minimum absolute atomic E-state index is 0.197. The molecule has 1 aromatic rings. The van der Waals surface area contributed by atoms with Crippen LogP contribution >= 0.6 is 11.6 Å². The van der Waals surface area contributed by atoms with E-state index < -0.39 is 0 Å². The summed E-state index contributed by atoms with van der Waals surface area (Å²) in [4.78, 5) is 13.8. The number of amides is 1. The van der Waals surface area contributed by atoms with Gasteiger partial charge in [-0.3, -0.25) is 4.79 Å². The lowest BCUT2D eigenvalue weighted by Crippen LogP contribution is -2.26. The number of benzene rings is 1. The fourth-order valence-electron chi connectivity index (χ4n) is 2.33. The molecule has 1 unspecified atom stereocenters. The normalized spacial score (nSPS) is 20.6. The van der Waals surface area contributed by atoms with Gasteiger partial charge in [0, 0.05) is 24.5 Å². The number of carbonyl (C=O) groups excluding carboxylic acids is 1. The van der Waals surface area contributed by atoms with Crippen LogP contribution in [0.15, 0.2) is 18.2 Å². The molecule has 16 heavy (non-hydrogen) atoms. The van der Waals surface area contributed by atoms with Crippen molar-refractivity contribution >= 4 is 23.2 Å². The number of anilines is 1. The minimum Gasteiger partial charge on any atom is -0.312 e. The molecule has 1 amide bonds. The summed E-state index contributed by atoms with van der Waals surface area (Å²) >= 11 is 5.83. The van der Waals surface area contributed by atoms with Gasteiger partial charge in [0.2, 0.25) is 5.91 Å². The Kier molecular flexibility index (Phi) is 3.20. The Hall–Kier alpha value is -1.02.